The van der Waals surface area contributed by atoms with E-state index in [4.69, 9.17) is 0 Å². The first-order valence-electron chi connectivity index (χ1n) is 12.0. The maximum atomic E-state index is 11.7. The Labute approximate surface area is 219 Å². The normalized spacial score (nSPS) is 19.2. The van der Waals surface area contributed by atoms with Crippen molar-refractivity contribution in [2.45, 2.75) is 12.5 Å². The third-order valence-electron chi connectivity index (χ3n) is 6.24. The highest BCUT2D eigenvalue weighted by Crippen LogP contribution is 2.14. The average molecular weight is 539 g/mol. The predicted octanol–water partition coefficient (Wildman–Crippen LogP) is -1.14. The van der Waals surface area contributed by atoms with Crippen molar-refractivity contribution in [3.63, 3.8) is 0 Å². The molecule has 1 atom stereocenters. The van der Waals surface area contributed by atoms with E-state index in [0.29, 0.717) is 5.56 Å². The molecule has 1 unspecified atom stereocenters. The third-order valence-corrected chi connectivity index (χ3v) is 6.24. The van der Waals surface area contributed by atoms with E-state index in [9.17, 15) is 49.5 Å². The van der Waals surface area contributed by atoms with E-state index in [0.717, 1.165) is 0 Å². The van der Waals surface area contributed by atoms with Crippen molar-refractivity contribution in [2.24, 2.45) is 0 Å². The van der Waals surface area contributed by atoms with Gasteiger partial charge in [0, 0.05) is 51.9 Å². The highest BCUT2D eigenvalue weighted by Gasteiger charge is 2.27. The molecule has 0 aromatic heterocycles. The molecule has 0 amide bonds. The maximum Gasteiger partial charge on any atom is 0.335 e. The second-order valence-corrected chi connectivity index (χ2v) is 9.19. The minimum atomic E-state index is -1.11. The van der Waals surface area contributed by atoms with Gasteiger partial charge in [0.1, 0.15) is 0 Å². The summed E-state index contributed by atoms with van der Waals surface area (Å²) >= 11 is 0. The number of rotatable bonds is 11. The molecule has 1 heterocycles. The van der Waals surface area contributed by atoms with Gasteiger partial charge in [-0.25, -0.2) is 4.79 Å². The zero-order chi connectivity index (χ0) is 28.2. The van der Waals surface area contributed by atoms with Gasteiger partial charge in [0.2, 0.25) is 0 Å². The van der Waals surface area contributed by atoms with Crippen molar-refractivity contribution < 1.29 is 49.5 Å². The molecule has 0 bridgehead atoms. The van der Waals surface area contributed by atoms with Crippen molar-refractivity contribution >= 4 is 29.8 Å². The van der Waals surface area contributed by atoms with E-state index in [1.165, 1.54) is 12.1 Å². The Bertz CT molecular complexity index is 987. The number of hydrogen-bond acceptors (Lipinski definition) is 9. The Morgan fingerprint density at radius 3 is 1.47 bits per heavy atom. The highest BCUT2D eigenvalue weighted by atomic mass is 16.4. The quantitative estimate of drug-likeness (QED) is 0.226. The second kappa shape index (κ2) is 15.0. The van der Waals surface area contributed by atoms with Crippen LogP contribution in [0.15, 0.2) is 24.3 Å². The first-order valence-corrected chi connectivity index (χ1v) is 12.0. The Morgan fingerprint density at radius 2 is 1.03 bits per heavy atom. The van der Waals surface area contributed by atoms with Crippen LogP contribution in [0.3, 0.4) is 0 Å². The van der Waals surface area contributed by atoms with Crippen molar-refractivity contribution in [3.8, 4) is 0 Å². The SMILES string of the molecule is O=C(O)CN1CCN(CC(=O)O)CCN(CC(=O)O)C(Cc2ccc(C(=O)O)cc2)CN(CC(=O)O)CC1. The number of benzene rings is 1. The zero-order valence-electron chi connectivity index (χ0n) is 20.9. The molecular weight excluding hydrogens is 504 g/mol. The summed E-state index contributed by atoms with van der Waals surface area (Å²) in [4.78, 5) is 63.9. The van der Waals surface area contributed by atoms with Gasteiger partial charge in [-0.3, -0.25) is 38.8 Å². The molecular formula is C24H34N4O10. The Hall–Kier alpha value is -3.59. The average Bonchev–Trinajstić information content (AvgIpc) is 2.80. The van der Waals surface area contributed by atoms with Gasteiger partial charge in [-0.2, -0.15) is 0 Å². The van der Waals surface area contributed by atoms with E-state index in [1.807, 2.05) is 0 Å². The highest BCUT2D eigenvalue weighted by molar-refractivity contribution is 5.87. The number of carboxylic acids is 5. The number of hydrogen-bond donors (Lipinski definition) is 5. The van der Waals surface area contributed by atoms with Crippen LogP contribution < -0.4 is 0 Å². The van der Waals surface area contributed by atoms with E-state index < -0.39 is 35.9 Å². The molecule has 0 aliphatic carbocycles. The van der Waals surface area contributed by atoms with Crippen LogP contribution in [0.5, 0.6) is 0 Å². The van der Waals surface area contributed by atoms with Crippen LogP contribution in [0.4, 0.5) is 0 Å². The lowest BCUT2D eigenvalue weighted by Crippen LogP contribution is -2.53. The minimum Gasteiger partial charge on any atom is -0.480 e. The maximum absolute atomic E-state index is 11.7. The molecule has 1 saturated heterocycles. The fraction of sp³-hybridized carbons (Fsp3) is 0.542. The van der Waals surface area contributed by atoms with Crippen LogP contribution in [-0.4, -0.2) is 153 Å². The minimum absolute atomic E-state index is 0.0881. The molecule has 210 valence electrons. The van der Waals surface area contributed by atoms with Gasteiger partial charge >= 0.3 is 29.8 Å². The molecule has 1 aliphatic heterocycles. The van der Waals surface area contributed by atoms with Gasteiger partial charge in [0.05, 0.1) is 31.7 Å². The van der Waals surface area contributed by atoms with E-state index >= 15 is 0 Å². The van der Waals surface area contributed by atoms with Gasteiger partial charge in [-0.1, -0.05) is 12.1 Å². The van der Waals surface area contributed by atoms with Crippen LogP contribution >= 0.6 is 0 Å². The fourth-order valence-electron chi connectivity index (χ4n) is 4.41. The Kier molecular flexibility index (Phi) is 12.1. The van der Waals surface area contributed by atoms with Crippen molar-refractivity contribution in [3.05, 3.63) is 35.4 Å². The smallest absolute Gasteiger partial charge is 0.335 e. The summed E-state index contributed by atoms with van der Waals surface area (Å²) < 4.78 is 0. The van der Waals surface area contributed by atoms with Crippen LogP contribution in [0, 0.1) is 0 Å². The van der Waals surface area contributed by atoms with Crippen LogP contribution in [0.1, 0.15) is 15.9 Å². The molecule has 0 radical (unpaired) electrons. The monoisotopic (exact) mass is 538 g/mol. The van der Waals surface area contributed by atoms with Gasteiger partial charge in [-0.15, -0.1) is 0 Å². The summed E-state index contributed by atoms with van der Waals surface area (Å²) in [7, 11) is 0. The molecule has 0 saturated carbocycles. The van der Waals surface area contributed by atoms with E-state index in [2.05, 4.69) is 0 Å². The fourth-order valence-corrected chi connectivity index (χ4v) is 4.41. The summed E-state index contributed by atoms with van der Waals surface area (Å²) in [5, 5.41) is 46.9. The topological polar surface area (TPSA) is 199 Å². The molecule has 38 heavy (non-hydrogen) atoms. The first kappa shape index (κ1) is 30.6. The molecule has 5 N–H and O–H groups in total. The number of nitrogens with zero attached hydrogens (tertiary/aromatic N) is 4. The number of aliphatic carboxylic acids is 4. The molecule has 1 aromatic carbocycles. The molecule has 1 aliphatic rings. The lowest BCUT2D eigenvalue weighted by Gasteiger charge is -2.37. The van der Waals surface area contributed by atoms with Gasteiger partial charge in [0.25, 0.3) is 0 Å². The van der Waals surface area contributed by atoms with Crippen LogP contribution in [-0.2, 0) is 25.6 Å². The molecule has 1 fully saturated rings. The molecule has 14 heteroatoms. The summed E-state index contributed by atoms with van der Waals surface area (Å²) in [5.41, 5.74) is 0.804. The number of carbonyl (C=O) groups is 5. The number of carboxylic acid groups (broad SMARTS) is 5. The number of aromatic carboxylic acids is 1. The van der Waals surface area contributed by atoms with Crippen molar-refractivity contribution in [1.29, 1.82) is 0 Å². The summed E-state index contributed by atoms with van der Waals surface area (Å²) in [6, 6.07) is 5.58. The first-order chi connectivity index (χ1) is 17.9. The molecule has 0 spiro atoms. The summed E-state index contributed by atoms with van der Waals surface area (Å²) in [6.45, 7) is 0.0188. The Balaban J connectivity index is 2.41. The van der Waals surface area contributed by atoms with E-state index in [-0.39, 0.29) is 84.0 Å². The molecule has 1 aromatic rings. The zero-order valence-corrected chi connectivity index (χ0v) is 20.9. The molecule has 14 nitrogen and oxygen atoms in total. The largest absolute Gasteiger partial charge is 0.480 e. The lowest BCUT2D eigenvalue weighted by molar-refractivity contribution is -0.142. The molecule has 2 rings (SSSR count). The summed E-state index contributed by atoms with van der Waals surface area (Å²) in [6.07, 6.45) is 0.279. The van der Waals surface area contributed by atoms with Gasteiger partial charge in [-0.05, 0) is 24.1 Å². The van der Waals surface area contributed by atoms with Crippen LogP contribution in [0.2, 0.25) is 0 Å². The van der Waals surface area contributed by atoms with E-state index in [1.54, 1.807) is 31.7 Å². The Morgan fingerprint density at radius 1 is 0.605 bits per heavy atom. The third kappa shape index (κ3) is 11.2. The van der Waals surface area contributed by atoms with Crippen molar-refractivity contribution in [1.82, 2.24) is 19.6 Å². The van der Waals surface area contributed by atoms with Gasteiger partial charge < -0.3 is 25.5 Å². The van der Waals surface area contributed by atoms with Crippen molar-refractivity contribution in [2.75, 3.05) is 72.0 Å². The second-order valence-electron chi connectivity index (χ2n) is 9.19. The summed E-state index contributed by atoms with van der Waals surface area (Å²) in [5.74, 6) is -5.43. The van der Waals surface area contributed by atoms with Gasteiger partial charge in [0.15, 0.2) is 0 Å². The lowest BCUT2D eigenvalue weighted by atomic mass is 10.0. The van der Waals surface area contributed by atoms with Crippen LogP contribution in [0.25, 0.3) is 0 Å². The standard InChI is InChI=1S/C24H34N4O10/c29-20(30)13-25-5-6-26(14-21(31)32)9-10-28(16-23(35)36)19(12-27(8-7-25)15-22(33)34)11-17-1-3-18(4-2-17)24(37)38/h1-4,19H,5-16H2,(H,29,30)(H,31,32)(H,33,34)(H,35,36)(H,37,38). The predicted molar refractivity (Wildman–Crippen MR) is 132 cm³/mol.